The van der Waals surface area contributed by atoms with Crippen LogP contribution in [0.1, 0.15) is 15.4 Å². The van der Waals surface area contributed by atoms with Crippen molar-refractivity contribution < 1.29 is 27.4 Å². The lowest BCUT2D eigenvalue weighted by Gasteiger charge is -2.10. The van der Waals surface area contributed by atoms with Crippen LogP contribution in [0.25, 0.3) is 11.3 Å². The molecule has 0 fully saturated rings. The van der Waals surface area contributed by atoms with Crippen LogP contribution in [-0.4, -0.2) is 11.0 Å². The number of rotatable bonds is 2. The fraction of sp³-hybridized carbons (Fsp3) is 0.0909. The van der Waals surface area contributed by atoms with Crippen LogP contribution in [0.15, 0.2) is 29.6 Å². The summed E-state index contributed by atoms with van der Waals surface area (Å²) < 4.78 is 50.1. The average Bonchev–Trinajstić information content (AvgIpc) is 2.86. The molecular formula is C11H5F4NO2S. The molecule has 0 N–H and O–H groups in total. The molecule has 0 aliphatic heterocycles. The fourth-order valence-corrected chi connectivity index (χ4v) is 2.16. The van der Waals surface area contributed by atoms with Crippen molar-refractivity contribution in [3.8, 4) is 11.3 Å². The molecule has 0 aliphatic carbocycles. The van der Waals surface area contributed by atoms with Crippen molar-refractivity contribution in [2.45, 2.75) is 6.18 Å². The van der Waals surface area contributed by atoms with E-state index in [4.69, 9.17) is 0 Å². The molecule has 1 aromatic carbocycles. The number of aromatic nitrogens is 1. The molecule has 0 unspecified atom stereocenters. The molecule has 0 radical (unpaired) electrons. The smallest absolute Gasteiger partial charge is 0.247 e. The average molecular weight is 291 g/mol. The molecule has 0 bridgehead atoms. The molecule has 8 heteroatoms. The molecule has 100 valence electrons. The third-order valence-corrected chi connectivity index (χ3v) is 3.08. The quantitative estimate of drug-likeness (QED) is 0.788. The number of hydrogen-bond acceptors (Lipinski definition) is 4. The Morgan fingerprint density at radius 2 is 1.95 bits per heavy atom. The Balaban J connectivity index is 2.48. The fourth-order valence-electron chi connectivity index (χ4n) is 1.48. The van der Waals surface area contributed by atoms with Crippen molar-refractivity contribution in [3.05, 3.63) is 40.2 Å². The molecule has 2 aromatic rings. The third kappa shape index (κ3) is 2.73. The van der Waals surface area contributed by atoms with Gasteiger partial charge in [0.25, 0.3) is 0 Å². The molecular weight excluding hydrogens is 286 g/mol. The first-order valence-electron chi connectivity index (χ1n) is 4.88. The van der Waals surface area contributed by atoms with Gasteiger partial charge >= 0.3 is 12.1 Å². The molecule has 2 rings (SSSR count). The standard InChI is InChI=1S/C11H5F4NO2S/c12-11(13,14)7-4-2-1-3-6(7)8-5-19-9(16-8)10(17)18-15/h1-5H. The zero-order valence-electron chi connectivity index (χ0n) is 9.07. The number of hydrogen-bond donors (Lipinski definition) is 0. The molecule has 0 spiro atoms. The Morgan fingerprint density at radius 1 is 1.26 bits per heavy atom. The van der Waals surface area contributed by atoms with Gasteiger partial charge in [0, 0.05) is 15.5 Å². The minimum Gasteiger partial charge on any atom is -0.247 e. The van der Waals surface area contributed by atoms with Gasteiger partial charge in [-0.15, -0.1) is 11.3 Å². The number of nitrogens with zero attached hydrogens (tertiary/aromatic N) is 1. The largest absolute Gasteiger partial charge is 0.417 e. The van der Waals surface area contributed by atoms with Gasteiger partial charge in [-0.05, 0) is 6.07 Å². The second kappa shape index (κ2) is 4.96. The highest BCUT2D eigenvalue weighted by atomic mass is 32.1. The summed E-state index contributed by atoms with van der Waals surface area (Å²) in [6.45, 7) is 0. The van der Waals surface area contributed by atoms with E-state index in [2.05, 4.69) is 9.93 Å². The summed E-state index contributed by atoms with van der Waals surface area (Å²) in [4.78, 5) is 17.5. The summed E-state index contributed by atoms with van der Waals surface area (Å²) in [6, 6.07) is 4.79. The molecule has 0 aliphatic rings. The molecule has 19 heavy (non-hydrogen) atoms. The molecule has 0 atom stereocenters. The summed E-state index contributed by atoms with van der Waals surface area (Å²) in [5, 5.41) is 0.881. The lowest BCUT2D eigenvalue weighted by atomic mass is 10.1. The number of benzene rings is 1. The Kier molecular flexibility index (Phi) is 3.52. The lowest BCUT2D eigenvalue weighted by Crippen LogP contribution is -2.07. The predicted molar refractivity (Wildman–Crippen MR) is 59.1 cm³/mol. The van der Waals surface area contributed by atoms with Crippen molar-refractivity contribution in [2.75, 3.05) is 0 Å². The first-order valence-corrected chi connectivity index (χ1v) is 5.76. The van der Waals surface area contributed by atoms with Crippen LogP contribution in [0.2, 0.25) is 0 Å². The van der Waals surface area contributed by atoms with E-state index in [1.165, 1.54) is 23.6 Å². The van der Waals surface area contributed by atoms with Gasteiger partial charge in [0.2, 0.25) is 5.01 Å². The second-order valence-electron chi connectivity index (χ2n) is 3.45. The van der Waals surface area contributed by atoms with Gasteiger partial charge in [-0.25, -0.2) is 14.7 Å². The van der Waals surface area contributed by atoms with Crippen molar-refractivity contribution >= 4 is 17.3 Å². The molecule has 0 saturated carbocycles. The normalized spacial score (nSPS) is 11.4. The minimum absolute atomic E-state index is 0.0571. The van der Waals surface area contributed by atoms with Gasteiger partial charge < -0.3 is 0 Å². The summed E-state index contributed by atoms with van der Waals surface area (Å²) in [5.74, 6) is -1.33. The van der Waals surface area contributed by atoms with Crippen LogP contribution < -0.4 is 0 Å². The first kappa shape index (κ1) is 13.5. The number of thiazole rings is 1. The third-order valence-electron chi connectivity index (χ3n) is 2.26. The highest BCUT2D eigenvalue weighted by Gasteiger charge is 2.34. The summed E-state index contributed by atoms with van der Waals surface area (Å²) in [5.41, 5.74) is -1.11. The van der Waals surface area contributed by atoms with Crippen LogP contribution in [-0.2, 0) is 11.1 Å². The van der Waals surface area contributed by atoms with Gasteiger partial charge in [0.15, 0.2) is 0 Å². The Morgan fingerprint density at radius 3 is 2.58 bits per heavy atom. The molecule has 0 saturated heterocycles. The maximum Gasteiger partial charge on any atom is 0.417 e. The van der Waals surface area contributed by atoms with E-state index in [-0.39, 0.29) is 16.3 Å². The highest BCUT2D eigenvalue weighted by molar-refractivity contribution is 7.11. The lowest BCUT2D eigenvalue weighted by molar-refractivity contribution is -0.137. The summed E-state index contributed by atoms with van der Waals surface area (Å²) in [7, 11) is 0. The Labute approximate surface area is 108 Å². The van der Waals surface area contributed by atoms with Gasteiger partial charge in [0.1, 0.15) is 0 Å². The van der Waals surface area contributed by atoms with E-state index in [9.17, 15) is 22.5 Å². The number of alkyl halides is 3. The molecule has 1 aromatic heterocycles. The van der Waals surface area contributed by atoms with Gasteiger partial charge in [0.05, 0.1) is 11.3 Å². The maximum atomic E-state index is 12.8. The van der Waals surface area contributed by atoms with Crippen LogP contribution in [0.3, 0.4) is 0 Å². The molecule has 1 heterocycles. The van der Waals surface area contributed by atoms with Crippen LogP contribution in [0.4, 0.5) is 17.7 Å². The Bertz CT molecular complexity index is 609. The topological polar surface area (TPSA) is 39.2 Å². The van der Waals surface area contributed by atoms with E-state index in [1.807, 2.05) is 0 Å². The van der Waals surface area contributed by atoms with Crippen molar-refractivity contribution in [1.82, 2.24) is 4.98 Å². The SMILES string of the molecule is O=C(OF)c1nc(-c2ccccc2C(F)(F)F)cs1. The van der Waals surface area contributed by atoms with Crippen LogP contribution >= 0.6 is 11.3 Å². The summed E-state index contributed by atoms with van der Waals surface area (Å²) in [6.07, 6.45) is -4.54. The molecule has 3 nitrogen and oxygen atoms in total. The second-order valence-corrected chi connectivity index (χ2v) is 4.30. The summed E-state index contributed by atoms with van der Waals surface area (Å²) >= 11 is 0.703. The molecule has 0 amide bonds. The highest BCUT2D eigenvalue weighted by Crippen LogP contribution is 2.37. The number of halogens is 4. The monoisotopic (exact) mass is 291 g/mol. The van der Waals surface area contributed by atoms with Crippen molar-refractivity contribution in [3.63, 3.8) is 0 Å². The first-order chi connectivity index (χ1) is 8.93. The predicted octanol–water partition coefficient (Wildman–Crippen LogP) is 3.87. The van der Waals surface area contributed by atoms with Crippen molar-refractivity contribution in [1.29, 1.82) is 0 Å². The zero-order chi connectivity index (χ0) is 14.0. The number of carbonyl (C=O) groups excluding carboxylic acids is 1. The van der Waals surface area contributed by atoms with Gasteiger partial charge in [-0.1, -0.05) is 18.2 Å². The van der Waals surface area contributed by atoms with E-state index in [0.29, 0.717) is 11.3 Å². The van der Waals surface area contributed by atoms with Gasteiger partial charge in [-0.2, -0.15) is 13.2 Å². The zero-order valence-corrected chi connectivity index (χ0v) is 9.89. The Hall–Kier alpha value is -1.96. The van der Waals surface area contributed by atoms with Crippen LogP contribution in [0.5, 0.6) is 0 Å². The van der Waals surface area contributed by atoms with E-state index < -0.39 is 17.7 Å². The van der Waals surface area contributed by atoms with Gasteiger partial charge in [-0.3, -0.25) is 0 Å². The van der Waals surface area contributed by atoms with E-state index >= 15 is 0 Å². The number of carbonyl (C=O) groups is 1. The van der Waals surface area contributed by atoms with Crippen LogP contribution in [0, 0.1) is 0 Å². The van der Waals surface area contributed by atoms with E-state index in [1.54, 1.807) is 0 Å². The van der Waals surface area contributed by atoms with E-state index in [0.717, 1.165) is 6.07 Å². The maximum absolute atomic E-state index is 12.8. The van der Waals surface area contributed by atoms with Crippen molar-refractivity contribution in [2.24, 2.45) is 0 Å². The minimum atomic E-state index is -4.54.